The van der Waals surface area contributed by atoms with Gasteiger partial charge in [0.1, 0.15) is 17.8 Å². The number of halogens is 1. The Morgan fingerprint density at radius 2 is 1.90 bits per heavy atom. The number of amides is 3. The van der Waals surface area contributed by atoms with Crippen molar-refractivity contribution in [1.29, 1.82) is 0 Å². The average molecular weight is 436 g/mol. The molecule has 3 amide bonds. The summed E-state index contributed by atoms with van der Waals surface area (Å²) in [5, 5.41) is 7.93. The molecule has 1 aromatic heterocycles. The second-order valence-corrected chi connectivity index (χ2v) is 8.11. The van der Waals surface area contributed by atoms with Crippen molar-refractivity contribution in [1.82, 2.24) is 9.78 Å². The Hall–Kier alpha value is -3.65. The van der Waals surface area contributed by atoms with E-state index in [-0.39, 0.29) is 24.8 Å². The largest absolute Gasteiger partial charge is 0.368 e. The zero-order valence-electron chi connectivity index (χ0n) is 16.6. The highest BCUT2D eigenvalue weighted by molar-refractivity contribution is 6.31. The Bertz CT molecular complexity index is 1280. The van der Waals surface area contributed by atoms with E-state index in [4.69, 9.17) is 17.3 Å². The van der Waals surface area contributed by atoms with Crippen LogP contribution in [0.15, 0.2) is 48.7 Å². The quantitative estimate of drug-likeness (QED) is 0.657. The lowest BCUT2D eigenvalue weighted by Gasteiger charge is -2.32. The van der Waals surface area contributed by atoms with Gasteiger partial charge in [0.2, 0.25) is 17.7 Å². The Morgan fingerprint density at radius 1 is 1.16 bits per heavy atom. The van der Waals surface area contributed by atoms with Gasteiger partial charge in [-0.05, 0) is 36.2 Å². The molecule has 2 aliphatic rings. The molecule has 1 spiro atoms. The maximum absolute atomic E-state index is 13.7. The molecule has 0 saturated carbocycles. The molecule has 0 radical (unpaired) electrons. The highest BCUT2D eigenvalue weighted by Gasteiger charge is 2.57. The van der Waals surface area contributed by atoms with Crippen LogP contribution in [0.25, 0.3) is 5.69 Å². The minimum Gasteiger partial charge on any atom is -0.368 e. The van der Waals surface area contributed by atoms with Gasteiger partial charge in [-0.25, -0.2) is 4.68 Å². The van der Waals surface area contributed by atoms with Crippen LogP contribution in [0.4, 0.5) is 11.5 Å². The number of hydrogen-bond donors (Lipinski definition) is 2. The zero-order valence-corrected chi connectivity index (χ0v) is 17.3. The maximum atomic E-state index is 13.7. The zero-order chi connectivity index (χ0) is 21.9. The van der Waals surface area contributed by atoms with Gasteiger partial charge in [0, 0.05) is 22.7 Å². The summed E-state index contributed by atoms with van der Waals surface area (Å²) in [5.41, 5.74) is 7.39. The first-order valence-electron chi connectivity index (χ1n) is 9.68. The van der Waals surface area contributed by atoms with Crippen LogP contribution in [0.5, 0.6) is 0 Å². The lowest BCUT2D eigenvalue weighted by molar-refractivity contribution is -0.127. The fourth-order valence-electron chi connectivity index (χ4n) is 4.57. The van der Waals surface area contributed by atoms with Gasteiger partial charge in [-0.3, -0.25) is 14.4 Å². The van der Waals surface area contributed by atoms with Crippen LogP contribution in [0.1, 0.15) is 23.1 Å². The molecule has 0 fully saturated rings. The second kappa shape index (κ2) is 6.68. The van der Waals surface area contributed by atoms with Gasteiger partial charge in [-0.15, -0.1) is 0 Å². The smallest absolute Gasteiger partial charge is 0.243 e. The molecule has 0 saturated heterocycles. The Labute approximate surface area is 182 Å². The molecular formula is C22H18ClN5O3. The van der Waals surface area contributed by atoms with Gasteiger partial charge in [-0.1, -0.05) is 35.9 Å². The number of nitrogens with two attached hydrogens (primary N) is 1. The molecule has 2 aliphatic heterocycles. The molecule has 0 aliphatic carbocycles. The van der Waals surface area contributed by atoms with Crippen LogP contribution >= 0.6 is 11.6 Å². The summed E-state index contributed by atoms with van der Waals surface area (Å²) in [6, 6.07) is 12.5. The highest BCUT2D eigenvalue weighted by atomic mass is 35.5. The van der Waals surface area contributed by atoms with E-state index in [1.54, 1.807) is 47.3 Å². The number of carbonyl (C=O) groups is 3. The summed E-state index contributed by atoms with van der Waals surface area (Å²) in [6.45, 7) is 1.59. The number of primary amides is 1. The molecule has 3 N–H and O–H groups in total. The van der Waals surface area contributed by atoms with Crippen molar-refractivity contribution in [2.45, 2.75) is 18.8 Å². The number of rotatable bonds is 3. The first-order chi connectivity index (χ1) is 14.8. The average Bonchev–Trinajstić information content (AvgIpc) is 3.24. The molecule has 0 bridgehead atoms. The number of carbonyl (C=O) groups excluding carboxylic acids is 3. The minimum absolute atomic E-state index is 0.0919. The van der Waals surface area contributed by atoms with Crippen molar-refractivity contribution >= 4 is 40.8 Å². The summed E-state index contributed by atoms with van der Waals surface area (Å²) < 4.78 is 1.59. The number of nitrogens with one attached hydrogen (secondary N) is 1. The molecule has 0 unspecified atom stereocenters. The van der Waals surface area contributed by atoms with E-state index < -0.39 is 11.3 Å². The van der Waals surface area contributed by atoms with Crippen molar-refractivity contribution in [3.8, 4) is 5.69 Å². The van der Waals surface area contributed by atoms with Gasteiger partial charge < -0.3 is 16.0 Å². The van der Waals surface area contributed by atoms with Crippen LogP contribution < -0.4 is 16.0 Å². The van der Waals surface area contributed by atoms with E-state index in [2.05, 4.69) is 10.4 Å². The Morgan fingerprint density at radius 3 is 2.68 bits per heavy atom. The predicted octanol–water partition coefficient (Wildman–Crippen LogP) is 2.29. The number of hydrogen-bond acceptors (Lipinski definition) is 4. The monoisotopic (exact) mass is 435 g/mol. The molecule has 156 valence electrons. The third-order valence-electron chi connectivity index (χ3n) is 5.96. The Balaban J connectivity index is 1.76. The van der Waals surface area contributed by atoms with Gasteiger partial charge in [-0.2, -0.15) is 5.10 Å². The third-order valence-corrected chi connectivity index (χ3v) is 6.37. The van der Waals surface area contributed by atoms with Gasteiger partial charge >= 0.3 is 0 Å². The number of para-hydroxylation sites is 1. The number of anilines is 2. The maximum Gasteiger partial charge on any atom is 0.243 e. The van der Waals surface area contributed by atoms with Gasteiger partial charge in [0.15, 0.2) is 0 Å². The molecule has 31 heavy (non-hydrogen) atoms. The van der Waals surface area contributed by atoms with Crippen LogP contribution in [0.2, 0.25) is 5.02 Å². The van der Waals surface area contributed by atoms with E-state index in [1.165, 1.54) is 4.90 Å². The van der Waals surface area contributed by atoms with Crippen LogP contribution in [-0.4, -0.2) is 34.0 Å². The van der Waals surface area contributed by atoms with Crippen molar-refractivity contribution in [3.05, 3.63) is 70.4 Å². The fraction of sp³-hybridized carbons (Fsp3) is 0.182. The minimum atomic E-state index is -1.28. The number of fused-ring (bicyclic) bond motifs is 4. The highest BCUT2D eigenvalue weighted by Crippen LogP contribution is 2.52. The number of nitrogens with zero attached hydrogens (tertiary/aromatic N) is 3. The molecule has 5 rings (SSSR count). The molecule has 3 aromatic rings. The van der Waals surface area contributed by atoms with Gasteiger partial charge in [0.25, 0.3) is 0 Å². The number of aromatic nitrogens is 2. The second-order valence-electron chi connectivity index (χ2n) is 7.71. The Kier molecular flexibility index (Phi) is 4.16. The van der Waals surface area contributed by atoms with E-state index >= 15 is 0 Å². The lowest BCUT2D eigenvalue weighted by atomic mass is 9.72. The molecule has 9 heteroatoms. The molecule has 2 aromatic carbocycles. The van der Waals surface area contributed by atoms with Crippen molar-refractivity contribution in [2.24, 2.45) is 5.73 Å². The normalized spacial score (nSPS) is 19.4. The number of benzene rings is 2. The first kappa shape index (κ1) is 19.3. The molecular weight excluding hydrogens is 418 g/mol. The van der Waals surface area contributed by atoms with Crippen LogP contribution in [0, 0.1) is 6.92 Å². The lowest BCUT2D eigenvalue weighted by Crippen LogP contribution is -2.48. The first-order valence-corrected chi connectivity index (χ1v) is 10.1. The van der Waals surface area contributed by atoms with E-state index in [0.717, 1.165) is 5.56 Å². The predicted molar refractivity (Wildman–Crippen MR) is 115 cm³/mol. The fourth-order valence-corrected chi connectivity index (χ4v) is 4.74. The van der Waals surface area contributed by atoms with E-state index in [0.29, 0.717) is 33.3 Å². The van der Waals surface area contributed by atoms with E-state index in [1.807, 2.05) is 13.0 Å². The molecule has 8 nitrogen and oxygen atoms in total. The van der Waals surface area contributed by atoms with Crippen LogP contribution in [0.3, 0.4) is 0 Å². The SMILES string of the molecule is Cc1c(Cl)cccc1-n1ncc2c1NC(=O)C[C@]21C(=O)N(CC(N)=O)c2ccccc21. The molecule has 1 atom stereocenters. The summed E-state index contributed by atoms with van der Waals surface area (Å²) >= 11 is 6.29. The summed E-state index contributed by atoms with van der Waals surface area (Å²) in [4.78, 5) is 39.6. The van der Waals surface area contributed by atoms with E-state index in [9.17, 15) is 14.4 Å². The van der Waals surface area contributed by atoms with Crippen molar-refractivity contribution in [3.63, 3.8) is 0 Å². The summed E-state index contributed by atoms with van der Waals surface area (Å²) in [5.74, 6) is -0.916. The van der Waals surface area contributed by atoms with Crippen molar-refractivity contribution in [2.75, 3.05) is 16.8 Å². The standard InChI is InChI=1S/C22H18ClN5O3/c1-12-15(23)6-4-8-16(12)28-20-14(10-25-28)22(9-19(30)26-20)13-5-2-3-7-17(13)27(21(22)31)11-18(24)29/h2-8,10H,9,11H2,1H3,(H2,24,29)(H,26,30)/t22-/m1/s1. The summed E-state index contributed by atoms with van der Waals surface area (Å²) in [7, 11) is 0. The van der Waals surface area contributed by atoms with Crippen LogP contribution in [-0.2, 0) is 19.8 Å². The van der Waals surface area contributed by atoms with Crippen molar-refractivity contribution < 1.29 is 14.4 Å². The summed E-state index contributed by atoms with van der Waals surface area (Å²) in [6.07, 6.45) is 1.50. The topological polar surface area (TPSA) is 110 Å². The third kappa shape index (κ3) is 2.61. The van der Waals surface area contributed by atoms with Gasteiger partial charge in [0.05, 0.1) is 11.9 Å². The molecule has 3 heterocycles.